The lowest BCUT2D eigenvalue weighted by atomic mass is 9.98. The fourth-order valence-corrected chi connectivity index (χ4v) is 3.27. The van der Waals surface area contributed by atoms with Crippen LogP contribution < -0.4 is 5.32 Å². The van der Waals surface area contributed by atoms with E-state index in [0.29, 0.717) is 0 Å². The van der Waals surface area contributed by atoms with Gasteiger partial charge in [-0.25, -0.2) is 0 Å². The molecule has 1 N–H and O–H groups in total. The molecule has 18 heavy (non-hydrogen) atoms. The number of hydrogen-bond acceptors (Lipinski definition) is 2. The molecule has 96 valence electrons. The van der Waals surface area contributed by atoms with Crippen molar-refractivity contribution in [3.63, 3.8) is 0 Å². The number of carbonyl (C=O) groups excluding carboxylic acids is 1. The van der Waals surface area contributed by atoms with Crippen LogP contribution in [0.5, 0.6) is 0 Å². The number of nitrogens with one attached hydrogen (secondary N) is 1. The molecule has 0 bridgehead atoms. The molecule has 1 heterocycles. The summed E-state index contributed by atoms with van der Waals surface area (Å²) >= 11 is 0. The molecule has 1 aliphatic heterocycles. The number of hydrogen-bond donors (Lipinski definition) is 1. The Balaban J connectivity index is 1.90. The van der Waals surface area contributed by atoms with Crippen LogP contribution in [0.15, 0.2) is 24.3 Å². The van der Waals surface area contributed by atoms with Gasteiger partial charge in [0.2, 0.25) is 5.91 Å². The van der Waals surface area contributed by atoms with Crippen molar-refractivity contribution in [3.8, 4) is 0 Å². The minimum Gasteiger partial charge on any atom is -0.324 e. The molecule has 2 fully saturated rings. The van der Waals surface area contributed by atoms with Gasteiger partial charge >= 0.3 is 0 Å². The first kappa shape index (κ1) is 11.7. The van der Waals surface area contributed by atoms with Crippen LogP contribution in [0, 0.1) is 6.92 Å². The third-order valence-electron chi connectivity index (χ3n) is 4.38. The molecule has 1 atom stereocenters. The van der Waals surface area contributed by atoms with Crippen LogP contribution >= 0.6 is 0 Å². The Morgan fingerprint density at radius 1 is 1.22 bits per heavy atom. The van der Waals surface area contributed by atoms with E-state index in [9.17, 15) is 4.79 Å². The number of nitrogens with zero attached hydrogens (tertiary/aromatic N) is 1. The highest BCUT2D eigenvalue weighted by Gasteiger charge is 2.51. The van der Waals surface area contributed by atoms with Crippen molar-refractivity contribution in [1.29, 1.82) is 0 Å². The third kappa shape index (κ3) is 1.65. The van der Waals surface area contributed by atoms with Crippen LogP contribution in [0.4, 0.5) is 0 Å². The van der Waals surface area contributed by atoms with Crippen molar-refractivity contribution in [1.82, 2.24) is 10.2 Å². The fraction of sp³-hybridized carbons (Fsp3) is 0.533. The van der Waals surface area contributed by atoms with E-state index < -0.39 is 0 Å². The lowest BCUT2D eigenvalue weighted by Crippen LogP contribution is -2.43. The zero-order chi connectivity index (χ0) is 12.8. The molecule has 3 nitrogen and oxygen atoms in total. The second-order valence-corrected chi connectivity index (χ2v) is 5.66. The first-order valence-corrected chi connectivity index (χ1v) is 6.74. The van der Waals surface area contributed by atoms with E-state index in [0.717, 1.165) is 25.7 Å². The smallest absolute Gasteiger partial charge is 0.244 e. The zero-order valence-corrected chi connectivity index (χ0v) is 11.1. The average Bonchev–Trinajstić information content (AvgIpc) is 2.93. The Hall–Kier alpha value is -1.35. The predicted molar refractivity (Wildman–Crippen MR) is 71.0 cm³/mol. The summed E-state index contributed by atoms with van der Waals surface area (Å²) in [5.74, 6) is 0.269. The van der Waals surface area contributed by atoms with Crippen molar-refractivity contribution in [2.45, 2.75) is 44.3 Å². The molecule has 1 amide bonds. The van der Waals surface area contributed by atoms with Gasteiger partial charge in [0.05, 0.1) is 5.54 Å². The quantitative estimate of drug-likeness (QED) is 0.822. The number of benzene rings is 1. The second-order valence-electron chi connectivity index (χ2n) is 5.66. The minimum atomic E-state index is -0.274. The van der Waals surface area contributed by atoms with E-state index in [-0.39, 0.29) is 17.6 Å². The van der Waals surface area contributed by atoms with Gasteiger partial charge in [-0.2, -0.15) is 0 Å². The molecule has 3 heteroatoms. The summed E-state index contributed by atoms with van der Waals surface area (Å²) < 4.78 is 0. The third-order valence-corrected chi connectivity index (χ3v) is 4.38. The summed E-state index contributed by atoms with van der Waals surface area (Å²) in [6.45, 7) is 2.08. The molecule has 0 aromatic heterocycles. The summed E-state index contributed by atoms with van der Waals surface area (Å²) in [5.41, 5.74) is 2.16. The summed E-state index contributed by atoms with van der Waals surface area (Å²) in [6.07, 6.45) is 4.33. The number of amides is 1. The standard InChI is InChI=1S/C15H20N2O/c1-11-5-7-12(8-6-11)13-16-15(9-3-4-10-15)14(18)17(13)2/h5-8,13,16H,3-4,9-10H2,1-2H3. The topological polar surface area (TPSA) is 32.3 Å². The summed E-state index contributed by atoms with van der Waals surface area (Å²) in [6, 6.07) is 8.44. The Morgan fingerprint density at radius 2 is 1.83 bits per heavy atom. The van der Waals surface area contributed by atoms with E-state index in [1.54, 1.807) is 0 Å². The second kappa shape index (κ2) is 4.09. The van der Waals surface area contributed by atoms with Gasteiger partial charge in [-0.1, -0.05) is 42.7 Å². The summed E-state index contributed by atoms with van der Waals surface area (Å²) in [7, 11) is 1.91. The van der Waals surface area contributed by atoms with Gasteiger partial charge in [0.25, 0.3) is 0 Å². The van der Waals surface area contributed by atoms with Crippen molar-refractivity contribution in [2.75, 3.05) is 7.05 Å². The van der Waals surface area contributed by atoms with Gasteiger partial charge in [-0.3, -0.25) is 10.1 Å². The Bertz CT molecular complexity index is 460. The van der Waals surface area contributed by atoms with Crippen LogP contribution in [-0.2, 0) is 4.79 Å². The molecule has 3 rings (SSSR count). The van der Waals surface area contributed by atoms with Crippen LogP contribution in [-0.4, -0.2) is 23.4 Å². The van der Waals surface area contributed by atoms with Gasteiger partial charge in [-0.05, 0) is 25.3 Å². The van der Waals surface area contributed by atoms with Crippen LogP contribution in [0.3, 0.4) is 0 Å². The van der Waals surface area contributed by atoms with Crippen molar-refractivity contribution < 1.29 is 4.79 Å². The normalized spacial score (nSPS) is 26.2. The lowest BCUT2D eigenvalue weighted by molar-refractivity contribution is -0.132. The Kier molecular flexibility index (Phi) is 2.67. The average molecular weight is 244 g/mol. The highest BCUT2D eigenvalue weighted by atomic mass is 16.2. The molecule has 0 radical (unpaired) electrons. The van der Waals surface area contributed by atoms with E-state index >= 15 is 0 Å². The Morgan fingerprint density at radius 3 is 2.44 bits per heavy atom. The van der Waals surface area contributed by atoms with E-state index in [1.165, 1.54) is 11.1 Å². The highest BCUT2D eigenvalue weighted by Crippen LogP contribution is 2.39. The molecule has 2 aliphatic rings. The lowest BCUT2D eigenvalue weighted by Gasteiger charge is -2.21. The van der Waals surface area contributed by atoms with E-state index in [4.69, 9.17) is 0 Å². The minimum absolute atomic E-state index is 0.0381. The molecular formula is C15H20N2O. The van der Waals surface area contributed by atoms with Crippen LogP contribution in [0.2, 0.25) is 0 Å². The monoisotopic (exact) mass is 244 g/mol. The maximum absolute atomic E-state index is 12.4. The largest absolute Gasteiger partial charge is 0.324 e. The number of rotatable bonds is 1. The van der Waals surface area contributed by atoms with Crippen molar-refractivity contribution in [3.05, 3.63) is 35.4 Å². The van der Waals surface area contributed by atoms with Gasteiger partial charge in [0, 0.05) is 7.05 Å². The predicted octanol–water partition coefficient (Wildman–Crippen LogP) is 2.37. The van der Waals surface area contributed by atoms with Crippen molar-refractivity contribution in [2.24, 2.45) is 0 Å². The fourth-order valence-electron chi connectivity index (χ4n) is 3.27. The van der Waals surface area contributed by atoms with Gasteiger partial charge in [0.1, 0.15) is 6.17 Å². The maximum Gasteiger partial charge on any atom is 0.244 e. The first-order chi connectivity index (χ1) is 8.62. The molecule has 1 saturated carbocycles. The molecule has 1 aliphatic carbocycles. The first-order valence-electron chi connectivity index (χ1n) is 6.74. The van der Waals surface area contributed by atoms with E-state index in [2.05, 4.69) is 36.5 Å². The number of aryl methyl sites for hydroxylation is 1. The van der Waals surface area contributed by atoms with Crippen molar-refractivity contribution >= 4 is 5.91 Å². The van der Waals surface area contributed by atoms with Gasteiger partial charge in [0.15, 0.2) is 0 Å². The number of carbonyl (C=O) groups is 1. The van der Waals surface area contributed by atoms with Gasteiger partial charge < -0.3 is 4.90 Å². The molecule has 1 unspecified atom stereocenters. The van der Waals surface area contributed by atoms with E-state index in [1.807, 2.05) is 11.9 Å². The Labute approximate surface area is 108 Å². The van der Waals surface area contributed by atoms with Gasteiger partial charge in [-0.15, -0.1) is 0 Å². The summed E-state index contributed by atoms with van der Waals surface area (Å²) in [4.78, 5) is 14.3. The van der Waals surface area contributed by atoms with Crippen LogP contribution in [0.1, 0.15) is 43.0 Å². The molecule has 1 aromatic carbocycles. The molecule has 1 aromatic rings. The molecule has 1 spiro atoms. The zero-order valence-electron chi connectivity index (χ0n) is 11.1. The van der Waals surface area contributed by atoms with Crippen LogP contribution in [0.25, 0.3) is 0 Å². The maximum atomic E-state index is 12.4. The number of likely N-dealkylation sites (N-methyl/N-ethyl adjacent to an activating group) is 1. The molecular weight excluding hydrogens is 224 g/mol. The summed E-state index contributed by atoms with van der Waals surface area (Å²) in [5, 5.41) is 3.58. The highest BCUT2D eigenvalue weighted by molar-refractivity contribution is 5.89. The molecule has 1 saturated heterocycles. The SMILES string of the molecule is Cc1ccc(C2NC3(CCCC3)C(=O)N2C)cc1.